The first kappa shape index (κ1) is 31.5. The Morgan fingerprint density at radius 2 is 1.56 bits per heavy atom. The topological polar surface area (TPSA) is 104 Å². The summed E-state index contributed by atoms with van der Waals surface area (Å²) in [4.78, 5) is 40.9. The van der Waals surface area contributed by atoms with Crippen LogP contribution >= 0.6 is 0 Å². The van der Waals surface area contributed by atoms with Crippen molar-refractivity contribution in [3.63, 3.8) is 0 Å². The van der Waals surface area contributed by atoms with Gasteiger partial charge in [0.2, 0.25) is 21.8 Å². The Labute approximate surface area is 241 Å². The largest absolute Gasteiger partial charge is 0.354 e. The average molecular weight is 582 g/mol. The minimum absolute atomic E-state index is 0.0587. The maximum Gasteiger partial charge on any atom is 0.244 e. The van der Waals surface area contributed by atoms with Crippen molar-refractivity contribution >= 4 is 33.3 Å². The zero-order chi connectivity index (χ0) is 30.2. The number of amides is 2. The van der Waals surface area contributed by atoms with E-state index in [0.29, 0.717) is 17.7 Å². The molecule has 0 aliphatic carbocycles. The summed E-state index contributed by atoms with van der Waals surface area (Å²) in [7, 11) is -3.97. The fourth-order valence-corrected chi connectivity index (χ4v) is 5.10. The highest BCUT2D eigenvalue weighted by molar-refractivity contribution is 7.92. The Hall–Kier alpha value is -4.05. The van der Waals surface area contributed by atoms with Crippen LogP contribution in [0, 0.1) is 11.7 Å². The molecule has 0 saturated heterocycles. The Balaban J connectivity index is 2.06. The van der Waals surface area contributed by atoms with E-state index in [1.165, 1.54) is 48.2 Å². The van der Waals surface area contributed by atoms with Crippen LogP contribution in [0.3, 0.4) is 0 Å². The fourth-order valence-electron chi connectivity index (χ4n) is 4.26. The maximum absolute atomic E-state index is 14.0. The van der Waals surface area contributed by atoms with Crippen molar-refractivity contribution in [2.24, 2.45) is 5.92 Å². The van der Waals surface area contributed by atoms with Crippen molar-refractivity contribution in [1.82, 2.24) is 10.2 Å². The van der Waals surface area contributed by atoms with Crippen LogP contribution in [-0.4, -0.2) is 56.3 Å². The van der Waals surface area contributed by atoms with Gasteiger partial charge in [0.25, 0.3) is 0 Å². The maximum atomic E-state index is 14.0. The smallest absolute Gasteiger partial charge is 0.244 e. The van der Waals surface area contributed by atoms with Gasteiger partial charge in [0.1, 0.15) is 18.4 Å². The molecule has 10 heteroatoms. The summed E-state index contributed by atoms with van der Waals surface area (Å²) in [6, 6.07) is 19.8. The molecule has 0 radical (unpaired) electrons. The van der Waals surface area contributed by atoms with Gasteiger partial charge in [-0.3, -0.25) is 18.7 Å². The van der Waals surface area contributed by atoms with Gasteiger partial charge in [-0.05, 0) is 48.2 Å². The minimum Gasteiger partial charge on any atom is -0.354 e. The average Bonchev–Trinajstić information content (AvgIpc) is 2.93. The number of Topliss-reactive ketones (excluding diaryl/α,β-unsaturated/α-hetero) is 1. The third-order valence-corrected chi connectivity index (χ3v) is 7.58. The molecule has 0 aromatic heterocycles. The summed E-state index contributed by atoms with van der Waals surface area (Å²) in [5, 5.41) is 2.91. The number of rotatable bonds is 13. The summed E-state index contributed by atoms with van der Waals surface area (Å²) in [6.45, 7) is 4.99. The van der Waals surface area contributed by atoms with Gasteiger partial charge in [-0.25, -0.2) is 12.8 Å². The molecule has 1 atom stereocenters. The van der Waals surface area contributed by atoms with Gasteiger partial charge in [0.15, 0.2) is 5.78 Å². The van der Waals surface area contributed by atoms with E-state index in [0.717, 1.165) is 16.1 Å². The number of hydrogen-bond acceptors (Lipinski definition) is 5. The first-order valence-corrected chi connectivity index (χ1v) is 15.1. The second-order valence-corrected chi connectivity index (χ2v) is 12.3. The van der Waals surface area contributed by atoms with E-state index in [1.807, 2.05) is 44.2 Å². The number of nitrogens with zero attached hydrogens (tertiary/aromatic N) is 2. The van der Waals surface area contributed by atoms with Gasteiger partial charge >= 0.3 is 0 Å². The third kappa shape index (κ3) is 9.24. The van der Waals surface area contributed by atoms with Crippen LogP contribution in [0.1, 0.15) is 42.3 Å². The van der Waals surface area contributed by atoms with Crippen LogP contribution in [-0.2, 0) is 32.6 Å². The second-order valence-electron chi connectivity index (χ2n) is 10.4. The molecule has 3 aromatic rings. The first-order chi connectivity index (χ1) is 19.3. The molecule has 2 amide bonds. The Kier molecular flexibility index (Phi) is 10.8. The Morgan fingerprint density at radius 3 is 2.15 bits per heavy atom. The molecule has 0 spiro atoms. The van der Waals surface area contributed by atoms with E-state index in [1.54, 1.807) is 12.1 Å². The molecule has 3 rings (SSSR count). The molecule has 0 saturated carbocycles. The van der Waals surface area contributed by atoms with Crippen LogP contribution in [0.2, 0.25) is 0 Å². The van der Waals surface area contributed by atoms with Crippen molar-refractivity contribution in [3.8, 4) is 0 Å². The van der Waals surface area contributed by atoms with E-state index in [9.17, 15) is 27.2 Å². The lowest BCUT2D eigenvalue weighted by molar-refractivity contribution is -0.140. The molecular formula is C31H36FN3O5S. The SMILES string of the molecule is CC(=O)c1cccc(N(CC(=O)N(Cc2ccc(F)cc2)[C@@H](Cc2ccccc2)C(=O)NCC(C)C)S(C)(=O)=O)c1. The molecule has 8 nitrogen and oxygen atoms in total. The van der Waals surface area contributed by atoms with Crippen molar-refractivity contribution in [3.05, 3.63) is 101 Å². The second kappa shape index (κ2) is 14.0. The molecule has 1 N–H and O–H groups in total. The lowest BCUT2D eigenvalue weighted by Crippen LogP contribution is -2.53. The lowest BCUT2D eigenvalue weighted by Gasteiger charge is -2.33. The predicted molar refractivity (Wildman–Crippen MR) is 157 cm³/mol. The summed E-state index contributed by atoms with van der Waals surface area (Å²) in [5.41, 5.74) is 1.82. The van der Waals surface area contributed by atoms with Crippen LogP contribution < -0.4 is 9.62 Å². The molecule has 0 unspecified atom stereocenters. The van der Waals surface area contributed by atoms with E-state index >= 15 is 0 Å². The third-order valence-electron chi connectivity index (χ3n) is 6.44. The summed E-state index contributed by atoms with van der Waals surface area (Å²) in [6.07, 6.45) is 1.15. The van der Waals surface area contributed by atoms with Crippen molar-refractivity contribution in [2.75, 3.05) is 23.7 Å². The van der Waals surface area contributed by atoms with Gasteiger partial charge in [0.05, 0.1) is 11.9 Å². The highest BCUT2D eigenvalue weighted by Gasteiger charge is 2.33. The number of carbonyl (C=O) groups is 3. The van der Waals surface area contributed by atoms with Crippen molar-refractivity contribution in [2.45, 2.75) is 39.8 Å². The molecule has 0 aliphatic rings. The number of sulfonamides is 1. The molecule has 0 fully saturated rings. The molecule has 0 bridgehead atoms. The van der Waals surface area contributed by atoms with Crippen LogP contribution in [0.15, 0.2) is 78.9 Å². The quantitative estimate of drug-likeness (QED) is 0.305. The Bertz CT molecular complexity index is 1460. The molecule has 41 heavy (non-hydrogen) atoms. The normalized spacial score (nSPS) is 12.0. The summed E-state index contributed by atoms with van der Waals surface area (Å²) in [5.74, 6) is -1.56. The molecule has 0 heterocycles. The molecule has 0 aliphatic heterocycles. The summed E-state index contributed by atoms with van der Waals surface area (Å²) < 4.78 is 40.4. The number of ketones is 1. The van der Waals surface area contributed by atoms with Crippen molar-refractivity contribution < 1.29 is 27.2 Å². The first-order valence-electron chi connectivity index (χ1n) is 13.3. The summed E-state index contributed by atoms with van der Waals surface area (Å²) >= 11 is 0. The number of carbonyl (C=O) groups excluding carboxylic acids is 3. The number of halogens is 1. The van der Waals surface area contributed by atoms with Crippen molar-refractivity contribution in [1.29, 1.82) is 0 Å². The highest BCUT2D eigenvalue weighted by atomic mass is 32.2. The van der Waals surface area contributed by atoms with E-state index in [2.05, 4.69) is 5.32 Å². The van der Waals surface area contributed by atoms with Gasteiger partial charge in [-0.2, -0.15) is 0 Å². The highest BCUT2D eigenvalue weighted by Crippen LogP contribution is 2.22. The van der Waals surface area contributed by atoms with Crippen LogP contribution in [0.25, 0.3) is 0 Å². The molecular weight excluding hydrogens is 545 g/mol. The van der Waals surface area contributed by atoms with Gasteiger partial charge < -0.3 is 10.2 Å². The standard InChI is InChI=1S/C31H36FN3O5S/c1-22(2)19-33-31(38)29(17-24-9-6-5-7-10-24)34(20-25-13-15-27(32)16-14-25)30(37)21-35(41(4,39)40)28-12-8-11-26(18-28)23(3)36/h5-16,18,22,29H,17,19-21H2,1-4H3,(H,33,38)/t29-/m0/s1. The molecule has 3 aromatic carbocycles. The van der Waals surface area contributed by atoms with Gasteiger partial charge in [-0.15, -0.1) is 0 Å². The van der Waals surface area contributed by atoms with Gasteiger partial charge in [-0.1, -0.05) is 68.4 Å². The van der Waals surface area contributed by atoms with E-state index in [4.69, 9.17) is 0 Å². The fraction of sp³-hybridized carbons (Fsp3) is 0.323. The number of hydrogen-bond donors (Lipinski definition) is 1. The minimum atomic E-state index is -3.97. The number of nitrogens with one attached hydrogen (secondary N) is 1. The van der Waals surface area contributed by atoms with Gasteiger partial charge in [0, 0.05) is 25.1 Å². The number of benzene rings is 3. The van der Waals surface area contributed by atoms with Crippen LogP contribution in [0.4, 0.5) is 10.1 Å². The van der Waals surface area contributed by atoms with E-state index < -0.39 is 34.3 Å². The van der Waals surface area contributed by atoms with E-state index in [-0.39, 0.29) is 36.3 Å². The van der Waals surface area contributed by atoms with Crippen LogP contribution in [0.5, 0.6) is 0 Å². The Morgan fingerprint density at radius 1 is 0.902 bits per heavy atom. The monoisotopic (exact) mass is 581 g/mol. The predicted octanol–water partition coefficient (Wildman–Crippen LogP) is 4.21. The number of anilines is 1. The zero-order valence-corrected chi connectivity index (χ0v) is 24.5. The lowest BCUT2D eigenvalue weighted by atomic mass is 10.0. The molecule has 218 valence electrons. The zero-order valence-electron chi connectivity index (χ0n) is 23.7.